The van der Waals surface area contributed by atoms with Crippen molar-refractivity contribution in [2.45, 2.75) is 25.5 Å². The molecule has 0 radical (unpaired) electrons. The molecule has 5 rings (SSSR count). The molecule has 0 aliphatic carbocycles. The minimum Gasteiger partial charge on any atom is -0.505 e. The second kappa shape index (κ2) is 8.62. The molecule has 1 unspecified atom stereocenters. The van der Waals surface area contributed by atoms with Crippen molar-refractivity contribution in [3.05, 3.63) is 42.0 Å². The first kappa shape index (κ1) is 19.9. The fourth-order valence-electron chi connectivity index (χ4n) is 3.68. The Labute approximate surface area is 183 Å². The molecule has 1 aliphatic heterocycles. The zero-order chi connectivity index (χ0) is 21.2. The normalized spacial score (nSPS) is 16.6. The van der Waals surface area contributed by atoms with Crippen molar-refractivity contribution in [3.8, 4) is 33.9 Å². The molecule has 31 heavy (non-hydrogen) atoms. The molecule has 0 amide bonds. The number of hydrogen-bond donors (Lipinski definition) is 1. The summed E-state index contributed by atoms with van der Waals surface area (Å²) in [5, 5.41) is 24.5. The predicted octanol–water partition coefficient (Wildman–Crippen LogP) is 4.61. The molecule has 4 aromatic rings. The van der Waals surface area contributed by atoms with Crippen LogP contribution in [0.25, 0.3) is 32.6 Å². The topological polar surface area (TPSA) is 91.5 Å². The Morgan fingerprint density at radius 3 is 3.00 bits per heavy atom. The largest absolute Gasteiger partial charge is 0.505 e. The van der Waals surface area contributed by atoms with Gasteiger partial charge in [0, 0.05) is 36.4 Å². The molecule has 160 valence electrons. The van der Waals surface area contributed by atoms with Crippen LogP contribution in [0.1, 0.15) is 25.5 Å². The van der Waals surface area contributed by atoms with Gasteiger partial charge >= 0.3 is 0 Å². The Balaban J connectivity index is 1.49. The van der Waals surface area contributed by atoms with E-state index >= 15 is 0 Å². The third-order valence-corrected chi connectivity index (χ3v) is 6.18. The van der Waals surface area contributed by atoms with Crippen LogP contribution in [0.3, 0.4) is 0 Å². The Hall–Kier alpha value is -3.01. The summed E-state index contributed by atoms with van der Waals surface area (Å²) in [5.74, 6) is 0.777. The van der Waals surface area contributed by atoms with Crippen molar-refractivity contribution in [1.82, 2.24) is 20.0 Å². The van der Waals surface area contributed by atoms with Gasteiger partial charge in [0.2, 0.25) is 0 Å². The number of aromatic hydroxyl groups is 1. The minimum atomic E-state index is -0.00445. The van der Waals surface area contributed by atoms with E-state index in [0.29, 0.717) is 17.0 Å². The van der Waals surface area contributed by atoms with Crippen LogP contribution < -0.4 is 4.74 Å². The Morgan fingerprint density at radius 2 is 2.16 bits per heavy atom. The monoisotopic (exact) mass is 438 g/mol. The number of hydrogen-bond acceptors (Lipinski definition) is 8. The van der Waals surface area contributed by atoms with E-state index in [9.17, 15) is 5.11 Å². The average molecular weight is 439 g/mol. The smallest absolute Gasteiger partial charge is 0.188 e. The second-order valence-electron chi connectivity index (χ2n) is 7.36. The van der Waals surface area contributed by atoms with Gasteiger partial charge in [0.15, 0.2) is 12.5 Å². The van der Waals surface area contributed by atoms with Gasteiger partial charge in [-0.05, 0) is 43.0 Å². The molecule has 0 spiro atoms. The third kappa shape index (κ3) is 3.99. The standard InChI is InChI=1S/C22H22N4O4S/c1-28-13-30-19-8-14(15-10-23-26(11-15)21-4-2-3-7-29-21)5-6-16(19)17-9-20-22(25-24-17)18(27)12-31-20/h5-6,8-12,21,27H,2-4,7,13H2,1H3. The molecule has 1 fully saturated rings. The number of nitrogens with zero attached hydrogens (tertiary/aromatic N) is 4. The van der Waals surface area contributed by atoms with Crippen LogP contribution in [0.2, 0.25) is 0 Å². The maximum Gasteiger partial charge on any atom is 0.188 e. The number of benzene rings is 1. The number of aromatic nitrogens is 4. The molecule has 8 nitrogen and oxygen atoms in total. The summed E-state index contributed by atoms with van der Waals surface area (Å²) in [4.78, 5) is 0. The van der Waals surface area contributed by atoms with Gasteiger partial charge in [-0.1, -0.05) is 6.07 Å². The van der Waals surface area contributed by atoms with E-state index in [2.05, 4.69) is 15.3 Å². The van der Waals surface area contributed by atoms with Crippen molar-refractivity contribution in [2.75, 3.05) is 20.5 Å². The quantitative estimate of drug-likeness (QED) is 0.440. The van der Waals surface area contributed by atoms with E-state index in [1.807, 2.05) is 41.3 Å². The fraction of sp³-hybridized carbons (Fsp3) is 0.318. The highest BCUT2D eigenvalue weighted by Crippen LogP contribution is 2.37. The lowest BCUT2D eigenvalue weighted by Gasteiger charge is -2.22. The molecule has 1 saturated heterocycles. The molecule has 4 heterocycles. The van der Waals surface area contributed by atoms with Gasteiger partial charge in [0.25, 0.3) is 0 Å². The van der Waals surface area contributed by atoms with Crippen molar-refractivity contribution in [2.24, 2.45) is 0 Å². The molecule has 0 bridgehead atoms. The molecular formula is C22H22N4O4S. The molecule has 0 saturated carbocycles. The van der Waals surface area contributed by atoms with E-state index in [1.54, 1.807) is 12.5 Å². The lowest BCUT2D eigenvalue weighted by atomic mass is 10.0. The Kier molecular flexibility index (Phi) is 5.54. The van der Waals surface area contributed by atoms with E-state index < -0.39 is 0 Å². The highest BCUT2D eigenvalue weighted by molar-refractivity contribution is 7.17. The van der Waals surface area contributed by atoms with Crippen molar-refractivity contribution < 1.29 is 19.3 Å². The predicted molar refractivity (Wildman–Crippen MR) is 117 cm³/mol. The highest BCUT2D eigenvalue weighted by atomic mass is 32.1. The van der Waals surface area contributed by atoms with Crippen LogP contribution in [-0.4, -0.2) is 45.6 Å². The number of rotatable bonds is 6. The lowest BCUT2D eigenvalue weighted by Crippen LogP contribution is -2.18. The van der Waals surface area contributed by atoms with Gasteiger partial charge < -0.3 is 19.3 Å². The van der Waals surface area contributed by atoms with Crippen LogP contribution in [0.5, 0.6) is 11.5 Å². The molecule has 1 aromatic carbocycles. The molecule has 9 heteroatoms. The van der Waals surface area contributed by atoms with Crippen LogP contribution in [0.15, 0.2) is 42.0 Å². The van der Waals surface area contributed by atoms with Crippen molar-refractivity contribution in [3.63, 3.8) is 0 Å². The number of thiophene rings is 1. The molecule has 1 aliphatic rings. The zero-order valence-corrected chi connectivity index (χ0v) is 17.8. The van der Waals surface area contributed by atoms with Gasteiger partial charge in [-0.3, -0.25) is 0 Å². The average Bonchev–Trinajstić information content (AvgIpc) is 3.45. The summed E-state index contributed by atoms with van der Waals surface area (Å²) in [5.41, 5.74) is 3.92. The van der Waals surface area contributed by atoms with Gasteiger partial charge in [-0.25, -0.2) is 4.68 Å². The molecule has 1 N–H and O–H groups in total. The van der Waals surface area contributed by atoms with Gasteiger partial charge in [0.1, 0.15) is 17.5 Å². The van der Waals surface area contributed by atoms with E-state index in [1.165, 1.54) is 11.3 Å². The fourth-order valence-corrected chi connectivity index (χ4v) is 4.47. The lowest BCUT2D eigenvalue weighted by molar-refractivity contribution is -0.0394. The molecule has 1 atom stereocenters. The second-order valence-corrected chi connectivity index (χ2v) is 8.27. The first-order chi connectivity index (χ1) is 15.2. The summed E-state index contributed by atoms with van der Waals surface area (Å²) in [6.45, 7) is 0.887. The van der Waals surface area contributed by atoms with E-state index in [-0.39, 0.29) is 18.8 Å². The highest BCUT2D eigenvalue weighted by Gasteiger charge is 2.18. The molecular weight excluding hydrogens is 416 g/mol. The SMILES string of the molecule is COCOc1cc(-c2cnn(C3CCCCO3)c2)ccc1-c1cc2scc(O)c2nn1. The van der Waals surface area contributed by atoms with Gasteiger partial charge in [-0.2, -0.15) is 5.10 Å². The van der Waals surface area contributed by atoms with Crippen molar-refractivity contribution in [1.29, 1.82) is 0 Å². The minimum absolute atomic E-state index is 0.00445. The Bertz CT molecular complexity index is 1200. The summed E-state index contributed by atoms with van der Waals surface area (Å²) >= 11 is 1.42. The summed E-state index contributed by atoms with van der Waals surface area (Å²) in [7, 11) is 1.58. The van der Waals surface area contributed by atoms with E-state index in [4.69, 9.17) is 14.2 Å². The molecule has 3 aromatic heterocycles. The van der Waals surface area contributed by atoms with Crippen LogP contribution >= 0.6 is 11.3 Å². The first-order valence-electron chi connectivity index (χ1n) is 10.1. The van der Waals surface area contributed by atoms with Crippen LogP contribution in [0.4, 0.5) is 0 Å². The van der Waals surface area contributed by atoms with Crippen LogP contribution in [0, 0.1) is 0 Å². The van der Waals surface area contributed by atoms with E-state index in [0.717, 1.165) is 47.3 Å². The Morgan fingerprint density at radius 1 is 1.23 bits per heavy atom. The van der Waals surface area contributed by atoms with Crippen LogP contribution in [-0.2, 0) is 9.47 Å². The maximum atomic E-state index is 9.85. The summed E-state index contributed by atoms with van der Waals surface area (Å²) < 4.78 is 19.6. The summed E-state index contributed by atoms with van der Waals surface area (Å²) in [6.07, 6.45) is 7.07. The third-order valence-electron chi connectivity index (χ3n) is 5.27. The van der Waals surface area contributed by atoms with Gasteiger partial charge in [-0.15, -0.1) is 21.5 Å². The maximum absolute atomic E-state index is 9.85. The van der Waals surface area contributed by atoms with Gasteiger partial charge in [0.05, 0.1) is 16.6 Å². The number of methoxy groups -OCH3 is 1. The summed E-state index contributed by atoms with van der Waals surface area (Å²) in [6, 6.07) is 7.82. The number of ether oxygens (including phenoxy) is 3. The first-order valence-corrected chi connectivity index (χ1v) is 11.0. The van der Waals surface area contributed by atoms with Crippen molar-refractivity contribution >= 4 is 21.6 Å². The number of fused-ring (bicyclic) bond motifs is 1. The zero-order valence-electron chi connectivity index (χ0n) is 17.0.